The topological polar surface area (TPSA) is 121 Å². The molecule has 154 valence electrons. The first-order valence-corrected chi connectivity index (χ1v) is 11.4. The fraction of sp³-hybridized carbons (Fsp3) is 0.333. The van der Waals surface area contributed by atoms with Gasteiger partial charge in [-0.2, -0.15) is 23.5 Å². The number of nitrogens with one attached hydrogen (secondary N) is 1. The molecule has 29 heavy (non-hydrogen) atoms. The van der Waals surface area contributed by atoms with Gasteiger partial charge in [-0.1, -0.05) is 19.4 Å². The summed E-state index contributed by atoms with van der Waals surface area (Å²) in [5, 5.41) is 15.4. The third kappa shape index (κ3) is 4.85. The summed E-state index contributed by atoms with van der Waals surface area (Å²) in [5.41, 5.74) is 0.602. The van der Waals surface area contributed by atoms with Gasteiger partial charge in [0.15, 0.2) is 17.3 Å². The summed E-state index contributed by atoms with van der Waals surface area (Å²) in [7, 11) is -2.34. The number of hydrogen-bond donors (Lipinski definition) is 1. The average Bonchev–Trinajstić information content (AvgIpc) is 3.06. The minimum absolute atomic E-state index is 0.0311. The van der Waals surface area contributed by atoms with Gasteiger partial charge < -0.3 is 8.92 Å². The first-order chi connectivity index (χ1) is 13.7. The highest BCUT2D eigenvalue weighted by atomic mass is 32.2. The van der Waals surface area contributed by atoms with Crippen molar-refractivity contribution >= 4 is 49.9 Å². The maximum Gasteiger partial charge on any atom is 0.306 e. The van der Waals surface area contributed by atoms with Gasteiger partial charge in [0.2, 0.25) is 5.17 Å². The summed E-state index contributed by atoms with van der Waals surface area (Å²) in [5.74, 6) is -0.380. The van der Waals surface area contributed by atoms with E-state index in [1.165, 1.54) is 42.1 Å². The van der Waals surface area contributed by atoms with E-state index in [2.05, 4.69) is 17.0 Å². The Morgan fingerprint density at radius 3 is 2.72 bits per heavy atom. The van der Waals surface area contributed by atoms with Crippen LogP contribution in [0, 0.1) is 5.41 Å². The van der Waals surface area contributed by atoms with Crippen molar-refractivity contribution in [2.75, 3.05) is 13.4 Å². The first kappa shape index (κ1) is 21.1. The SMILES string of the molecule is CCCCC1=NN2C(=N)/C(=C/c3ccc(OS(C)(=O)=O)c(OC)c3)C(=O)N=C2S1. The van der Waals surface area contributed by atoms with Crippen molar-refractivity contribution < 1.29 is 22.1 Å². The first-order valence-electron chi connectivity index (χ1n) is 8.78. The summed E-state index contributed by atoms with van der Waals surface area (Å²) in [6.07, 6.45) is 5.19. The number of fused-ring (bicyclic) bond motifs is 1. The molecule has 0 aliphatic carbocycles. The Morgan fingerprint density at radius 1 is 1.31 bits per heavy atom. The fourth-order valence-corrected chi connectivity index (χ4v) is 4.02. The van der Waals surface area contributed by atoms with Gasteiger partial charge in [-0.3, -0.25) is 10.2 Å². The van der Waals surface area contributed by atoms with Crippen LogP contribution in [0.15, 0.2) is 33.9 Å². The van der Waals surface area contributed by atoms with E-state index < -0.39 is 16.0 Å². The van der Waals surface area contributed by atoms with E-state index in [-0.39, 0.29) is 22.9 Å². The molecule has 0 spiro atoms. The van der Waals surface area contributed by atoms with Crippen LogP contribution in [0.25, 0.3) is 6.08 Å². The molecule has 0 atom stereocenters. The Morgan fingerprint density at radius 2 is 2.07 bits per heavy atom. The minimum Gasteiger partial charge on any atom is -0.493 e. The zero-order valence-corrected chi connectivity index (χ0v) is 17.8. The molecule has 0 aromatic heterocycles. The molecule has 0 saturated heterocycles. The molecule has 1 aromatic carbocycles. The van der Waals surface area contributed by atoms with Gasteiger partial charge in [-0.05, 0) is 48.4 Å². The number of carbonyl (C=O) groups excluding carboxylic acids is 1. The lowest BCUT2D eigenvalue weighted by atomic mass is 10.1. The highest BCUT2D eigenvalue weighted by molar-refractivity contribution is 8.26. The van der Waals surface area contributed by atoms with Crippen molar-refractivity contribution in [3.8, 4) is 11.5 Å². The molecule has 2 aliphatic heterocycles. The van der Waals surface area contributed by atoms with Crippen molar-refractivity contribution in [1.82, 2.24) is 5.01 Å². The summed E-state index contributed by atoms with van der Waals surface area (Å²) in [6.45, 7) is 2.08. The molecule has 0 saturated carbocycles. The van der Waals surface area contributed by atoms with Crippen LogP contribution in [0.4, 0.5) is 0 Å². The van der Waals surface area contributed by atoms with Crippen molar-refractivity contribution in [1.29, 1.82) is 5.41 Å². The lowest BCUT2D eigenvalue weighted by Gasteiger charge is -2.20. The molecule has 2 aliphatic rings. The predicted molar refractivity (Wildman–Crippen MR) is 113 cm³/mol. The smallest absolute Gasteiger partial charge is 0.306 e. The summed E-state index contributed by atoms with van der Waals surface area (Å²) < 4.78 is 32.8. The normalized spacial score (nSPS) is 17.9. The second-order valence-corrected chi connectivity index (χ2v) is 8.93. The number of unbranched alkanes of at least 4 members (excludes halogenated alkanes) is 1. The third-order valence-corrected chi connectivity index (χ3v) is 5.43. The second kappa shape index (κ2) is 8.37. The Kier molecular flexibility index (Phi) is 6.08. The Bertz CT molecular complexity index is 1060. The molecule has 2 heterocycles. The number of hydrogen-bond acceptors (Lipinski definition) is 8. The molecule has 0 fully saturated rings. The van der Waals surface area contributed by atoms with E-state index in [0.29, 0.717) is 10.7 Å². The summed E-state index contributed by atoms with van der Waals surface area (Å²) in [6, 6.07) is 4.50. The van der Waals surface area contributed by atoms with Crippen LogP contribution in [0.3, 0.4) is 0 Å². The van der Waals surface area contributed by atoms with Crippen molar-refractivity contribution in [2.45, 2.75) is 26.2 Å². The molecular weight excluding hydrogens is 416 g/mol. The van der Waals surface area contributed by atoms with Gasteiger partial charge in [0.25, 0.3) is 5.91 Å². The van der Waals surface area contributed by atoms with Gasteiger partial charge in [0.1, 0.15) is 5.04 Å². The van der Waals surface area contributed by atoms with Crippen molar-refractivity contribution in [3.63, 3.8) is 0 Å². The molecule has 1 N–H and O–H groups in total. The molecule has 0 bridgehead atoms. The monoisotopic (exact) mass is 436 g/mol. The molecule has 0 radical (unpaired) electrons. The van der Waals surface area contributed by atoms with Crippen LogP contribution >= 0.6 is 11.8 Å². The largest absolute Gasteiger partial charge is 0.493 e. The van der Waals surface area contributed by atoms with E-state index >= 15 is 0 Å². The van der Waals surface area contributed by atoms with Crippen molar-refractivity contribution in [3.05, 3.63) is 29.3 Å². The van der Waals surface area contributed by atoms with E-state index in [4.69, 9.17) is 14.3 Å². The Balaban J connectivity index is 1.90. The van der Waals surface area contributed by atoms with Crippen molar-refractivity contribution in [2.24, 2.45) is 10.1 Å². The van der Waals surface area contributed by atoms with Gasteiger partial charge in [0, 0.05) is 0 Å². The summed E-state index contributed by atoms with van der Waals surface area (Å²) >= 11 is 1.31. The molecule has 11 heteroatoms. The maximum atomic E-state index is 12.5. The fourth-order valence-electron chi connectivity index (χ4n) is 2.63. The van der Waals surface area contributed by atoms with Crippen LogP contribution in [0.1, 0.15) is 31.7 Å². The number of carbonyl (C=O) groups is 1. The Hall–Kier alpha value is -2.66. The zero-order chi connectivity index (χ0) is 21.2. The number of rotatable bonds is 7. The van der Waals surface area contributed by atoms with E-state index in [9.17, 15) is 13.2 Å². The number of methoxy groups -OCH3 is 1. The van der Waals surface area contributed by atoms with Crippen LogP contribution in [0.5, 0.6) is 11.5 Å². The lowest BCUT2D eigenvalue weighted by Crippen LogP contribution is -2.35. The molecule has 0 unspecified atom stereocenters. The van der Waals surface area contributed by atoms with Gasteiger partial charge in [0.05, 0.1) is 18.9 Å². The predicted octanol–water partition coefficient (Wildman–Crippen LogP) is 2.84. The molecular formula is C18H20N4O5S2. The number of aliphatic imine (C=N–C) groups is 1. The number of nitrogens with zero attached hydrogens (tertiary/aromatic N) is 3. The van der Waals surface area contributed by atoms with Gasteiger partial charge in [-0.25, -0.2) is 0 Å². The maximum absolute atomic E-state index is 12.5. The molecule has 3 rings (SSSR count). The average molecular weight is 437 g/mol. The zero-order valence-electron chi connectivity index (χ0n) is 16.1. The molecule has 1 amide bonds. The summed E-state index contributed by atoms with van der Waals surface area (Å²) in [4.78, 5) is 16.5. The number of thioether (sulfide) groups is 1. The van der Waals surface area contributed by atoms with Crippen LogP contribution in [-0.2, 0) is 14.9 Å². The number of amidine groups is 2. The highest BCUT2D eigenvalue weighted by Crippen LogP contribution is 2.32. The van der Waals surface area contributed by atoms with E-state index in [1.807, 2.05) is 0 Å². The Labute approximate surface area is 173 Å². The number of benzene rings is 1. The van der Waals surface area contributed by atoms with Crippen LogP contribution < -0.4 is 8.92 Å². The molecule has 9 nitrogen and oxygen atoms in total. The highest BCUT2D eigenvalue weighted by Gasteiger charge is 2.35. The number of ether oxygens (including phenoxy) is 1. The molecule has 1 aromatic rings. The van der Waals surface area contributed by atoms with Crippen LogP contribution in [-0.4, -0.2) is 48.7 Å². The quantitative estimate of drug-likeness (QED) is 0.515. The number of amides is 1. The minimum atomic E-state index is -3.71. The number of hydrazone groups is 1. The van der Waals surface area contributed by atoms with Gasteiger partial charge >= 0.3 is 10.1 Å². The van der Waals surface area contributed by atoms with Gasteiger partial charge in [-0.15, -0.1) is 0 Å². The standard InChI is InChI=1S/C18H20N4O5S2/c1-4-5-6-15-21-22-16(19)12(17(23)20-18(22)28-15)9-11-7-8-13(14(10-11)26-2)27-29(3,24)25/h7-10,19H,4-6H2,1-3H3/b12-9-,19-16?. The van der Waals surface area contributed by atoms with E-state index in [0.717, 1.165) is 30.6 Å². The second-order valence-electron chi connectivity index (χ2n) is 6.32. The van der Waals surface area contributed by atoms with E-state index in [1.54, 1.807) is 6.07 Å². The van der Waals surface area contributed by atoms with Crippen LogP contribution in [0.2, 0.25) is 0 Å². The lowest BCUT2D eigenvalue weighted by molar-refractivity contribution is -0.114. The third-order valence-electron chi connectivity index (χ3n) is 3.98.